The van der Waals surface area contributed by atoms with Crippen LogP contribution < -0.4 is 4.74 Å². The molecule has 5 rings (SSSR count). The first-order chi connectivity index (χ1) is 19.5. The van der Waals surface area contributed by atoms with Crippen LogP contribution in [0.15, 0.2) is 36.4 Å². The molecule has 220 valence electrons. The number of rotatable bonds is 7. The van der Waals surface area contributed by atoms with E-state index in [1.165, 1.54) is 19.1 Å². The highest BCUT2D eigenvalue weighted by atomic mass is 35.5. The summed E-state index contributed by atoms with van der Waals surface area (Å²) < 4.78 is 47.1. The summed E-state index contributed by atoms with van der Waals surface area (Å²) in [5, 5.41) is 16.3. The lowest BCUT2D eigenvalue weighted by atomic mass is 10.00. The van der Waals surface area contributed by atoms with Crippen molar-refractivity contribution < 1.29 is 27.8 Å². The zero-order chi connectivity index (χ0) is 29.3. The summed E-state index contributed by atoms with van der Waals surface area (Å²) in [5.74, 6) is 0.494. The van der Waals surface area contributed by atoms with Gasteiger partial charge in [-0.15, -0.1) is 0 Å². The molecule has 8 nitrogen and oxygen atoms in total. The van der Waals surface area contributed by atoms with E-state index < -0.39 is 17.8 Å². The number of aliphatic hydroxyl groups excluding tert-OH is 1. The maximum atomic E-state index is 13.1. The summed E-state index contributed by atoms with van der Waals surface area (Å²) >= 11 is 11.9. The molecule has 0 spiro atoms. The Morgan fingerprint density at radius 1 is 1.10 bits per heavy atom. The number of fused-ring (bicyclic) bond motifs is 1. The highest BCUT2D eigenvalue weighted by Crippen LogP contribution is 2.34. The Bertz CT molecular complexity index is 1370. The second-order valence-electron chi connectivity index (χ2n) is 10.4. The van der Waals surface area contributed by atoms with Crippen molar-refractivity contribution >= 4 is 29.1 Å². The van der Waals surface area contributed by atoms with Crippen molar-refractivity contribution in [2.45, 2.75) is 57.7 Å². The van der Waals surface area contributed by atoms with Gasteiger partial charge in [0.25, 0.3) is 0 Å². The molecule has 1 aromatic carbocycles. The first-order valence-corrected chi connectivity index (χ1v) is 14.1. The minimum absolute atomic E-state index is 0.00780. The number of likely N-dealkylation sites (tertiary alicyclic amines) is 1. The van der Waals surface area contributed by atoms with E-state index >= 15 is 0 Å². The Morgan fingerprint density at radius 3 is 2.37 bits per heavy atom. The number of halogens is 5. The van der Waals surface area contributed by atoms with Crippen molar-refractivity contribution in [3.8, 4) is 17.0 Å². The van der Waals surface area contributed by atoms with E-state index in [1.54, 1.807) is 21.7 Å². The number of ether oxygens (including phenoxy) is 1. The standard InChI is InChI=1S/C28H30Cl2F3N5O3/c1-17(39)37-11-8-24-23(16-37)27(18-2-4-19(5-3-18)28(31,32)33)35-38(24)15-20(40)14-36-9-6-21(7-10-36)41-22-12-25(29)34-26(30)13-22/h2-5,12-13,20-21,40H,6-11,14-16H2,1H3. The fourth-order valence-corrected chi connectivity index (χ4v) is 5.87. The molecule has 41 heavy (non-hydrogen) atoms. The number of alkyl halides is 3. The summed E-state index contributed by atoms with van der Waals surface area (Å²) in [4.78, 5) is 19.9. The molecule has 1 saturated heterocycles. The van der Waals surface area contributed by atoms with Crippen molar-refractivity contribution in [1.29, 1.82) is 0 Å². The third-order valence-corrected chi connectivity index (χ3v) is 7.88. The third-order valence-electron chi connectivity index (χ3n) is 7.49. The van der Waals surface area contributed by atoms with Gasteiger partial charge in [-0.2, -0.15) is 18.3 Å². The first-order valence-electron chi connectivity index (χ1n) is 13.4. The summed E-state index contributed by atoms with van der Waals surface area (Å²) in [6.45, 7) is 4.45. The van der Waals surface area contributed by atoms with Gasteiger partial charge in [-0.3, -0.25) is 9.48 Å². The summed E-state index contributed by atoms with van der Waals surface area (Å²) in [7, 11) is 0. The Labute approximate surface area is 245 Å². The molecule has 1 N–H and O–H groups in total. The normalized spacial score (nSPS) is 17.4. The molecule has 2 aliphatic heterocycles. The lowest BCUT2D eigenvalue weighted by Crippen LogP contribution is -2.43. The van der Waals surface area contributed by atoms with E-state index in [4.69, 9.17) is 33.0 Å². The van der Waals surface area contributed by atoms with Crippen LogP contribution in [0.3, 0.4) is 0 Å². The number of aromatic nitrogens is 3. The van der Waals surface area contributed by atoms with Crippen molar-refractivity contribution in [3.63, 3.8) is 0 Å². The second-order valence-corrected chi connectivity index (χ2v) is 11.2. The lowest BCUT2D eigenvalue weighted by molar-refractivity contribution is -0.137. The average molecular weight is 612 g/mol. The summed E-state index contributed by atoms with van der Waals surface area (Å²) in [6.07, 6.45) is -3.09. The van der Waals surface area contributed by atoms with Crippen LogP contribution in [0.1, 0.15) is 36.6 Å². The number of carbonyl (C=O) groups excluding carboxylic acids is 1. The van der Waals surface area contributed by atoms with Gasteiger partial charge in [-0.25, -0.2) is 4.98 Å². The van der Waals surface area contributed by atoms with E-state index in [-0.39, 0.29) is 28.9 Å². The maximum absolute atomic E-state index is 13.1. The lowest BCUT2D eigenvalue weighted by Gasteiger charge is -2.33. The Kier molecular flexibility index (Phi) is 8.79. The topological polar surface area (TPSA) is 83.7 Å². The quantitative estimate of drug-likeness (QED) is 0.375. The molecular weight excluding hydrogens is 582 g/mol. The highest BCUT2D eigenvalue weighted by molar-refractivity contribution is 6.32. The minimum Gasteiger partial charge on any atom is -0.490 e. The van der Waals surface area contributed by atoms with Gasteiger partial charge in [-0.05, 0) is 25.0 Å². The molecule has 3 aromatic rings. The van der Waals surface area contributed by atoms with Gasteiger partial charge in [0.1, 0.15) is 22.2 Å². The Balaban J connectivity index is 1.25. The van der Waals surface area contributed by atoms with E-state index in [0.717, 1.165) is 49.3 Å². The number of amides is 1. The number of pyridine rings is 1. The van der Waals surface area contributed by atoms with E-state index in [2.05, 4.69) is 9.88 Å². The van der Waals surface area contributed by atoms with Crippen molar-refractivity contribution in [1.82, 2.24) is 24.6 Å². The van der Waals surface area contributed by atoms with Crippen LogP contribution in [0.2, 0.25) is 10.3 Å². The van der Waals surface area contributed by atoms with Crippen LogP contribution >= 0.6 is 23.2 Å². The van der Waals surface area contributed by atoms with Gasteiger partial charge in [0.05, 0.1) is 23.9 Å². The zero-order valence-corrected chi connectivity index (χ0v) is 23.9. The molecule has 1 atom stereocenters. The molecule has 2 aliphatic rings. The van der Waals surface area contributed by atoms with Gasteiger partial charge in [0.15, 0.2) is 0 Å². The molecule has 0 bridgehead atoms. The van der Waals surface area contributed by atoms with E-state index in [0.29, 0.717) is 43.1 Å². The second kappa shape index (κ2) is 12.2. The minimum atomic E-state index is -4.44. The first kappa shape index (κ1) is 29.6. The third kappa shape index (κ3) is 7.14. The number of benzene rings is 1. The number of β-amino-alcohol motifs (C(OH)–C–C–N with tert-alkyl or cyclic N) is 1. The Hall–Kier alpha value is -2.86. The van der Waals surface area contributed by atoms with Gasteiger partial charge in [-0.1, -0.05) is 35.3 Å². The number of hydrogen-bond donors (Lipinski definition) is 1. The van der Waals surface area contributed by atoms with Crippen LogP contribution in [0.4, 0.5) is 13.2 Å². The summed E-state index contributed by atoms with van der Waals surface area (Å²) in [6, 6.07) is 8.13. The average Bonchev–Trinajstić information content (AvgIpc) is 3.26. The van der Waals surface area contributed by atoms with Crippen LogP contribution in [-0.2, 0) is 30.5 Å². The van der Waals surface area contributed by atoms with Gasteiger partial charge < -0.3 is 19.6 Å². The fraction of sp³-hybridized carbons (Fsp3) is 0.464. The van der Waals surface area contributed by atoms with Crippen LogP contribution in [-0.4, -0.2) is 74.0 Å². The number of hydrogen-bond acceptors (Lipinski definition) is 6. The predicted octanol–water partition coefficient (Wildman–Crippen LogP) is 5.08. The fourth-order valence-electron chi connectivity index (χ4n) is 5.43. The number of aliphatic hydroxyl groups is 1. The number of nitrogens with zero attached hydrogens (tertiary/aromatic N) is 5. The molecule has 2 aromatic heterocycles. The maximum Gasteiger partial charge on any atom is 0.416 e. The Morgan fingerprint density at radius 2 is 1.76 bits per heavy atom. The SMILES string of the molecule is CC(=O)N1CCc2c(c(-c3ccc(C(F)(F)F)cc3)nn2CC(O)CN2CCC(Oc3cc(Cl)nc(Cl)c3)CC2)C1. The van der Waals surface area contributed by atoms with Gasteiger partial charge >= 0.3 is 6.18 Å². The number of carbonyl (C=O) groups is 1. The monoisotopic (exact) mass is 611 g/mol. The van der Waals surface area contributed by atoms with Crippen molar-refractivity contribution in [2.24, 2.45) is 0 Å². The molecule has 1 amide bonds. The van der Waals surface area contributed by atoms with Gasteiger partial charge in [0, 0.05) is 75.0 Å². The molecule has 0 radical (unpaired) electrons. The van der Waals surface area contributed by atoms with Crippen LogP contribution in [0.5, 0.6) is 5.75 Å². The zero-order valence-electron chi connectivity index (χ0n) is 22.4. The summed E-state index contributed by atoms with van der Waals surface area (Å²) in [5.41, 5.74) is 2.01. The van der Waals surface area contributed by atoms with Crippen LogP contribution in [0, 0.1) is 0 Å². The molecule has 0 saturated carbocycles. The van der Waals surface area contributed by atoms with E-state index in [9.17, 15) is 23.1 Å². The van der Waals surface area contributed by atoms with Crippen LogP contribution in [0.25, 0.3) is 11.3 Å². The predicted molar refractivity (Wildman–Crippen MR) is 148 cm³/mol. The van der Waals surface area contributed by atoms with Crippen molar-refractivity contribution in [3.05, 3.63) is 63.5 Å². The molecular formula is C28H30Cl2F3N5O3. The highest BCUT2D eigenvalue weighted by Gasteiger charge is 2.32. The largest absolute Gasteiger partial charge is 0.490 e. The molecule has 4 heterocycles. The smallest absolute Gasteiger partial charge is 0.416 e. The molecule has 1 unspecified atom stereocenters. The number of piperidine rings is 1. The van der Waals surface area contributed by atoms with E-state index in [1.807, 2.05) is 0 Å². The van der Waals surface area contributed by atoms with Crippen molar-refractivity contribution in [2.75, 3.05) is 26.2 Å². The molecule has 1 fully saturated rings. The molecule has 0 aliphatic carbocycles. The molecule has 13 heteroatoms. The van der Waals surface area contributed by atoms with Gasteiger partial charge in [0.2, 0.25) is 5.91 Å².